The largest absolute Gasteiger partial charge is 0.497 e. The molecular formula is C50H50N4O6. The fourth-order valence-electron chi connectivity index (χ4n) is 7.76. The molecule has 0 saturated heterocycles. The molecule has 10 nitrogen and oxygen atoms in total. The lowest BCUT2D eigenvalue weighted by molar-refractivity contribution is 0.132. The Morgan fingerprint density at radius 2 is 1.10 bits per heavy atom. The van der Waals surface area contributed by atoms with Gasteiger partial charge in [-0.25, -0.2) is 0 Å². The zero-order chi connectivity index (χ0) is 42.4. The summed E-state index contributed by atoms with van der Waals surface area (Å²) >= 11 is 0. The summed E-state index contributed by atoms with van der Waals surface area (Å²) in [5, 5.41) is 5.28. The molecule has 0 atom stereocenters. The highest BCUT2D eigenvalue weighted by Crippen LogP contribution is 2.52. The van der Waals surface area contributed by atoms with Crippen LogP contribution in [-0.2, 0) is 19.4 Å². The van der Waals surface area contributed by atoms with Gasteiger partial charge in [0.15, 0.2) is 0 Å². The second-order valence-electron chi connectivity index (χ2n) is 15.3. The molecule has 6 aromatic carbocycles. The third-order valence-electron chi connectivity index (χ3n) is 10.5. The Kier molecular flexibility index (Phi) is 12.2. The maximum Gasteiger partial charge on any atom is 0.130 e. The summed E-state index contributed by atoms with van der Waals surface area (Å²) in [6.07, 6.45) is 1.31. The van der Waals surface area contributed by atoms with Gasteiger partial charge in [0.1, 0.15) is 40.1 Å². The van der Waals surface area contributed by atoms with Crippen LogP contribution in [0.1, 0.15) is 37.6 Å². The van der Waals surface area contributed by atoms with E-state index in [-0.39, 0.29) is 0 Å². The van der Waals surface area contributed by atoms with Crippen molar-refractivity contribution in [2.75, 3.05) is 35.5 Å². The first kappa shape index (κ1) is 41.1. The second kappa shape index (κ2) is 17.9. The van der Waals surface area contributed by atoms with Crippen LogP contribution in [0.15, 0.2) is 126 Å². The number of fused-ring (bicyclic) bond motifs is 1. The van der Waals surface area contributed by atoms with Crippen LogP contribution in [0, 0.1) is 0 Å². The van der Waals surface area contributed by atoms with E-state index in [2.05, 4.69) is 69.2 Å². The minimum Gasteiger partial charge on any atom is -0.497 e. The van der Waals surface area contributed by atoms with Crippen molar-refractivity contribution in [2.45, 2.75) is 45.8 Å². The van der Waals surface area contributed by atoms with Gasteiger partial charge in [0.25, 0.3) is 0 Å². The van der Waals surface area contributed by atoms with E-state index in [0.29, 0.717) is 35.7 Å². The van der Waals surface area contributed by atoms with Crippen molar-refractivity contribution in [3.63, 3.8) is 0 Å². The van der Waals surface area contributed by atoms with Crippen molar-refractivity contribution < 1.29 is 28.4 Å². The summed E-state index contributed by atoms with van der Waals surface area (Å²) in [5.74, 6) is 4.21. The molecule has 0 aliphatic carbocycles. The monoisotopic (exact) mass is 802 g/mol. The molecule has 0 fully saturated rings. The summed E-state index contributed by atoms with van der Waals surface area (Å²) in [6, 6.07) is 40.5. The minimum absolute atomic E-state index is 0.388. The van der Waals surface area contributed by atoms with Crippen LogP contribution in [0.5, 0.6) is 34.5 Å². The van der Waals surface area contributed by atoms with Crippen molar-refractivity contribution in [1.82, 2.24) is 4.57 Å². The van der Waals surface area contributed by atoms with E-state index < -0.39 is 5.60 Å². The molecule has 0 aliphatic heterocycles. The minimum atomic E-state index is -0.561. The fourth-order valence-corrected chi connectivity index (χ4v) is 7.76. The van der Waals surface area contributed by atoms with E-state index in [1.807, 2.05) is 87.5 Å². The van der Waals surface area contributed by atoms with E-state index in [1.165, 1.54) is 0 Å². The number of benzene rings is 6. The second-order valence-corrected chi connectivity index (χ2v) is 15.3. The molecule has 7 aromatic rings. The molecule has 0 saturated carbocycles. The Bertz CT molecular complexity index is 2640. The number of hydrogen-bond acceptors (Lipinski definition) is 7. The van der Waals surface area contributed by atoms with Crippen LogP contribution < -0.4 is 28.4 Å². The average Bonchev–Trinajstić information content (AvgIpc) is 3.58. The van der Waals surface area contributed by atoms with Crippen molar-refractivity contribution in [2.24, 2.45) is 5.11 Å². The van der Waals surface area contributed by atoms with Crippen LogP contribution in [0.4, 0.5) is 5.69 Å². The van der Waals surface area contributed by atoms with Gasteiger partial charge in [-0.05, 0) is 127 Å². The summed E-state index contributed by atoms with van der Waals surface area (Å²) in [4.78, 5) is 3.32. The molecule has 7 rings (SSSR count). The number of aryl methyl sites for hydroxylation is 2. The normalized spacial score (nSPS) is 11.2. The van der Waals surface area contributed by atoms with Crippen LogP contribution in [0.3, 0.4) is 0 Å². The number of methoxy groups -OCH3 is 5. The Balaban J connectivity index is 1.66. The van der Waals surface area contributed by atoms with Crippen LogP contribution >= 0.6 is 0 Å². The lowest BCUT2D eigenvalue weighted by Crippen LogP contribution is -2.23. The van der Waals surface area contributed by atoms with Crippen molar-refractivity contribution in [1.29, 1.82) is 0 Å². The molecule has 0 aliphatic rings. The highest BCUT2D eigenvalue weighted by Gasteiger charge is 2.29. The van der Waals surface area contributed by atoms with Gasteiger partial charge in [-0.3, -0.25) is 0 Å². The van der Waals surface area contributed by atoms with Crippen molar-refractivity contribution in [3.8, 4) is 67.9 Å². The van der Waals surface area contributed by atoms with E-state index >= 15 is 0 Å². The van der Waals surface area contributed by atoms with E-state index in [9.17, 15) is 5.53 Å². The van der Waals surface area contributed by atoms with Crippen molar-refractivity contribution in [3.05, 3.63) is 149 Å². The van der Waals surface area contributed by atoms with Gasteiger partial charge in [-0.15, -0.1) is 0 Å². The third-order valence-corrected chi connectivity index (χ3v) is 10.5. The molecule has 0 bridgehead atoms. The van der Waals surface area contributed by atoms with Gasteiger partial charge in [0, 0.05) is 40.1 Å². The first-order chi connectivity index (χ1) is 29.1. The molecule has 306 valence electrons. The molecule has 0 radical (unpaired) electrons. The van der Waals surface area contributed by atoms with Gasteiger partial charge >= 0.3 is 0 Å². The summed E-state index contributed by atoms with van der Waals surface area (Å²) in [5.41, 5.74) is 19.6. The zero-order valence-electron chi connectivity index (χ0n) is 35.4. The number of nitrogens with zero attached hydrogens (tertiary/aromatic N) is 4. The van der Waals surface area contributed by atoms with Crippen LogP contribution in [-0.4, -0.2) is 45.7 Å². The zero-order valence-corrected chi connectivity index (χ0v) is 35.4. The third kappa shape index (κ3) is 8.56. The molecule has 0 amide bonds. The maximum atomic E-state index is 10.0. The predicted molar refractivity (Wildman–Crippen MR) is 240 cm³/mol. The molecule has 60 heavy (non-hydrogen) atoms. The molecule has 1 heterocycles. The van der Waals surface area contributed by atoms with Gasteiger partial charge in [0.2, 0.25) is 0 Å². The Hall–Kier alpha value is -7.03. The topological polar surface area (TPSA) is 109 Å². The quantitative estimate of drug-likeness (QED) is 0.0580. The van der Waals surface area contributed by atoms with E-state index in [0.717, 1.165) is 85.0 Å². The lowest BCUT2D eigenvalue weighted by atomic mass is 9.89. The number of rotatable bonds is 15. The Labute approximate surface area is 351 Å². The molecule has 10 heteroatoms. The summed E-state index contributed by atoms with van der Waals surface area (Å²) in [7, 11) is 8.38. The first-order valence-electron chi connectivity index (χ1n) is 19.8. The van der Waals surface area contributed by atoms with E-state index in [1.54, 1.807) is 35.5 Å². The number of ether oxygens (including phenoxy) is 6. The molecule has 0 unspecified atom stereocenters. The predicted octanol–water partition coefficient (Wildman–Crippen LogP) is 12.6. The fraction of sp³-hybridized carbons (Fsp3) is 0.240. The molecule has 0 N–H and O–H groups in total. The van der Waals surface area contributed by atoms with E-state index in [4.69, 9.17) is 28.4 Å². The highest BCUT2D eigenvalue weighted by molar-refractivity contribution is 6.15. The summed E-state index contributed by atoms with van der Waals surface area (Å²) in [6.45, 7) is 6.54. The van der Waals surface area contributed by atoms with Crippen molar-refractivity contribution >= 4 is 16.6 Å². The molecule has 1 aromatic heterocycles. The number of azide groups is 1. The van der Waals surface area contributed by atoms with Crippen LogP contribution in [0.25, 0.3) is 54.7 Å². The van der Waals surface area contributed by atoms with Gasteiger partial charge in [0.05, 0.1) is 46.8 Å². The summed E-state index contributed by atoms with van der Waals surface area (Å²) < 4.78 is 37.6. The Morgan fingerprint density at radius 3 is 1.60 bits per heavy atom. The van der Waals surface area contributed by atoms with Gasteiger partial charge < -0.3 is 33.0 Å². The first-order valence-corrected chi connectivity index (χ1v) is 19.8. The Morgan fingerprint density at radius 1 is 0.583 bits per heavy atom. The molecule has 0 spiro atoms. The smallest absolute Gasteiger partial charge is 0.130 e. The van der Waals surface area contributed by atoms with Gasteiger partial charge in [-0.1, -0.05) is 65.8 Å². The standard InChI is InChI=1S/C50H50N4O6/c1-50(2,3)60-43-11-9-10-40(48(43)52-53-51)41-31-44(59-8)46(35-18-26-39(58-7)27-19-35)49-47(41)45(34-16-24-38(57-6)25-17-34)42(30-33-14-22-37(56-5)23-15-33)54(49)29-28-32-12-20-36(55-4)21-13-32/h9-27,31H,28-30H2,1-8H3. The van der Waals surface area contributed by atoms with Crippen LogP contribution in [0.2, 0.25) is 0 Å². The SMILES string of the molecule is COc1ccc(CCn2c(Cc3ccc(OC)cc3)c(-c3ccc(OC)cc3)c3c(-c4cccc(OC(C)(C)C)c4N=[N+]=[N-])cc(OC)c(-c4ccc(OC)cc4)c32)cc1. The average molecular weight is 803 g/mol. The highest BCUT2D eigenvalue weighted by atomic mass is 16.5. The maximum absolute atomic E-state index is 10.0. The number of hydrogen-bond donors (Lipinski definition) is 0. The van der Waals surface area contributed by atoms with Gasteiger partial charge in [-0.2, -0.15) is 0 Å². The molecular weight excluding hydrogens is 753 g/mol. The number of aromatic nitrogens is 1. The lowest BCUT2D eigenvalue weighted by Gasteiger charge is -2.24.